The molecule has 6 rings (SSSR count). The van der Waals surface area contributed by atoms with E-state index in [0.29, 0.717) is 35.0 Å². The summed E-state index contributed by atoms with van der Waals surface area (Å²) in [5.41, 5.74) is 4.03. The number of benzene rings is 2. The topological polar surface area (TPSA) is 66.8 Å². The van der Waals surface area contributed by atoms with Gasteiger partial charge in [0.1, 0.15) is 11.5 Å². The van der Waals surface area contributed by atoms with Crippen molar-refractivity contribution < 1.29 is 19.4 Å². The highest BCUT2D eigenvalue weighted by Crippen LogP contribution is 2.48. The fraction of sp³-hybridized carbons (Fsp3) is 0.600. The van der Waals surface area contributed by atoms with Gasteiger partial charge >= 0.3 is 5.97 Å². The van der Waals surface area contributed by atoms with Crippen molar-refractivity contribution in [2.45, 2.75) is 108 Å². The molecule has 4 fully saturated rings. The number of ether oxygens (including phenoxy) is 1. The summed E-state index contributed by atoms with van der Waals surface area (Å²) in [5, 5.41) is 9.69. The third kappa shape index (κ3) is 5.72. The number of likely N-dealkylation sites (tertiary alicyclic amines) is 1. The molecule has 3 aliphatic carbocycles. The number of carbonyl (C=O) groups is 2. The van der Waals surface area contributed by atoms with E-state index in [0.717, 1.165) is 61.9 Å². The van der Waals surface area contributed by atoms with E-state index < -0.39 is 5.97 Å². The zero-order valence-electron chi connectivity index (χ0n) is 24.1. The van der Waals surface area contributed by atoms with E-state index in [2.05, 4.69) is 30.1 Å². The van der Waals surface area contributed by atoms with Crippen molar-refractivity contribution >= 4 is 11.8 Å². The van der Waals surface area contributed by atoms with E-state index in [1.807, 2.05) is 12.1 Å². The van der Waals surface area contributed by atoms with Crippen LogP contribution >= 0.6 is 0 Å². The average molecular weight is 544 g/mol. The summed E-state index contributed by atoms with van der Waals surface area (Å²) < 4.78 is 6.62. The lowest BCUT2D eigenvalue weighted by Gasteiger charge is -2.28. The van der Waals surface area contributed by atoms with Crippen LogP contribution < -0.4 is 4.74 Å². The summed E-state index contributed by atoms with van der Waals surface area (Å²) in [7, 11) is 2.15. The smallest absolute Gasteiger partial charge is 0.335 e. The Hall–Kier alpha value is -2.66. The van der Waals surface area contributed by atoms with Crippen molar-refractivity contribution in [1.29, 1.82) is 0 Å². The summed E-state index contributed by atoms with van der Waals surface area (Å²) in [5.74, 6) is 1.47. The van der Waals surface area contributed by atoms with Gasteiger partial charge in [0.15, 0.2) is 0 Å². The largest absolute Gasteiger partial charge is 0.490 e. The van der Waals surface area contributed by atoms with Gasteiger partial charge in [-0.25, -0.2) is 4.79 Å². The number of carbonyl (C=O) groups excluding carboxylic acids is 1. The molecule has 1 saturated heterocycles. The van der Waals surface area contributed by atoms with Crippen LogP contribution in [0.3, 0.4) is 0 Å². The molecule has 2 aromatic carbocycles. The first-order chi connectivity index (χ1) is 19.4. The maximum absolute atomic E-state index is 13.1. The summed E-state index contributed by atoms with van der Waals surface area (Å²) in [4.78, 5) is 27.3. The van der Waals surface area contributed by atoms with Crippen LogP contribution in [0.2, 0.25) is 0 Å². The van der Waals surface area contributed by atoms with Crippen molar-refractivity contribution in [3.8, 4) is 16.9 Å². The molecule has 0 radical (unpaired) electrons. The molecule has 1 aliphatic heterocycles. The Bertz CT molecular complexity index is 1230. The molecule has 3 atom stereocenters. The fourth-order valence-corrected chi connectivity index (χ4v) is 8.22. The molecule has 5 nitrogen and oxygen atoms in total. The number of hydrogen-bond acceptors (Lipinski definition) is 4. The van der Waals surface area contributed by atoms with E-state index in [-0.39, 0.29) is 12.1 Å². The van der Waals surface area contributed by atoms with Crippen LogP contribution in [0.25, 0.3) is 11.1 Å². The number of Topliss-reactive ketones (excluding diaryl/α,β-unsaturated/α-hetero) is 1. The molecule has 0 amide bonds. The lowest BCUT2D eigenvalue weighted by Crippen LogP contribution is -2.32. The Labute approximate surface area is 239 Å². The molecule has 5 heteroatoms. The van der Waals surface area contributed by atoms with Crippen LogP contribution in [0, 0.1) is 11.3 Å². The maximum atomic E-state index is 13.1. The second kappa shape index (κ2) is 11.7. The molecular weight excluding hydrogens is 498 g/mol. The van der Waals surface area contributed by atoms with Crippen LogP contribution in [0.5, 0.6) is 5.75 Å². The minimum absolute atomic E-state index is 0.132. The first kappa shape index (κ1) is 27.5. The van der Waals surface area contributed by atoms with Gasteiger partial charge < -0.3 is 9.84 Å². The average Bonchev–Trinajstić information content (AvgIpc) is 3.64. The zero-order valence-corrected chi connectivity index (χ0v) is 24.1. The van der Waals surface area contributed by atoms with E-state index in [9.17, 15) is 14.7 Å². The molecule has 0 bridgehead atoms. The third-order valence-electron chi connectivity index (χ3n) is 10.6. The maximum Gasteiger partial charge on any atom is 0.335 e. The second-order valence-corrected chi connectivity index (χ2v) is 13.4. The van der Waals surface area contributed by atoms with Crippen molar-refractivity contribution in [2.75, 3.05) is 13.6 Å². The van der Waals surface area contributed by atoms with Gasteiger partial charge in [-0.15, -0.1) is 0 Å². The minimum Gasteiger partial charge on any atom is -0.490 e. The van der Waals surface area contributed by atoms with Gasteiger partial charge in [-0.2, -0.15) is 0 Å². The Balaban J connectivity index is 1.06. The summed E-state index contributed by atoms with van der Waals surface area (Å²) in [6.45, 7) is 1.10. The van der Waals surface area contributed by atoms with E-state index in [1.165, 1.54) is 50.5 Å². The van der Waals surface area contributed by atoms with Gasteiger partial charge in [0.25, 0.3) is 0 Å². The van der Waals surface area contributed by atoms with Crippen LogP contribution in [0.4, 0.5) is 0 Å². The monoisotopic (exact) mass is 543 g/mol. The SMILES string of the molecule is CN1CC2(CCCC2)C[C@H]1C(=O)CCC[C@@H]1CC[C@@H](Oc2ccc(C(=O)O)cc2-c2ccccc2C2CCC2)C1. The number of ketones is 1. The van der Waals surface area contributed by atoms with Gasteiger partial charge in [0.2, 0.25) is 0 Å². The number of hydrogen-bond donors (Lipinski definition) is 1. The summed E-state index contributed by atoms with van der Waals surface area (Å²) in [6, 6.07) is 13.9. The lowest BCUT2D eigenvalue weighted by atomic mass is 9.77. The second-order valence-electron chi connectivity index (χ2n) is 13.4. The molecule has 214 valence electrons. The molecule has 4 aliphatic rings. The molecule has 1 N–H and O–H groups in total. The standard InChI is InChI=1S/C35H45NO4/c1-36-23-35(18-4-5-19-35)22-31(36)32(37)13-6-8-24-14-16-27(20-24)40-33-17-15-26(34(38)39)21-30(33)29-12-3-2-11-28(29)25-9-7-10-25/h2-3,11-12,15,17,21,24-25,27,31H,4-10,13-14,16,18-20,22-23H2,1H3,(H,38,39)/t24-,27-,31+/m1/s1. The van der Waals surface area contributed by atoms with Crippen molar-refractivity contribution in [3.63, 3.8) is 0 Å². The molecule has 1 heterocycles. The number of aromatic carboxylic acids is 1. The highest BCUT2D eigenvalue weighted by molar-refractivity contribution is 5.91. The molecule has 3 saturated carbocycles. The first-order valence-corrected chi connectivity index (χ1v) is 15.8. The number of nitrogens with zero attached hydrogens (tertiary/aromatic N) is 1. The quantitative estimate of drug-likeness (QED) is 0.330. The van der Waals surface area contributed by atoms with Crippen LogP contribution in [0.15, 0.2) is 42.5 Å². The number of carboxylic acids is 1. The molecule has 1 spiro atoms. The van der Waals surface area contributed by atoms with Crippen molar-refractivity contribution in [1.82, 2.24) is 4.90 Å². The lowest BCUT2D eigenvalue weighted by molar-refractivity contribution is -0.123. The fourth-order valence-electron chi connectivity index (χ4n) is 8.22. The Morgan fingerprint density at radius 2 is 1.80 bits per heavy atom. The zero-order chi connectivity index (χ0) is 27.7. The first-order valence-electron chi connectivity index (χ1n) is 15.8. The predicted molar refractivity (Wildman–Crippen MR) is 158 cm³/mol. The van der Waals surface area contributed by atoms with Crippen LogP contribution in [-0.2, 0) is 4.79 Å². The normalized spacial score (nSPS) is 26.3. The molecular formula is C35H45NO4. The summed E-state index contributed by atoms with van der Waals surface area (Å²) in [6.07, 6.45) is 16.0. The van der Waals surface area contributed by atoms with E-state index in [1.54, 1.807) is 12.1 Å². The Morgan fingerprint density at radius 3 is 2.55 bits per heavy atom. The van der Waals surface area contributed by atoms with Crippen molar-refractivity contribution in [3.05, 3.63) is 53.6 Å². The highest BCUT2D eigenvalue weighted by Gasteiger charge is 2.46. The minimum atomic E-state index is -0.911. The van der Waals surface area contributed by atoms with Crippen LogP contribution in [-0.4, -0.2) is 47.5 Å². The summed E-state index contributed by atoms with van der Waals surface area (Å²) >= 11 is 0. The molecule has 2 aromatic rings. The van der Waals surface area contributed by atoms with E-state index in [4.69, 9.17) is 4.74 Å². The van der Waals surface area contributed by atoms with Crippen LogP contribution in [0.1, 0.15) is 112 Å². The van der Waals surface area contributed by atoms with Gasteiger partial charge in [-0.1, -0.05) is 43.5 Å². The number of carboxylic acid groups (broad SMARTS) is 1. The molecule has 0 aromatic heterocycles. The van der Waals surface area contributed by atoms with Gasteiger partial charge in [-0.05, 0) is 118 Å². The van der Waals surface area contributed by atoms with Gasteiger partial charge in [0.05, 0.1) is 17.7 Å². The van der Waals surface area contributed by atoms with Gasteiger partial charge in [0, 0.05) is 18.5 Å². The number of rotatable bonds is 10. The van der Waals surface area contributed by atoms with Gasteiger partial charge in [-0.3, -0.25) is 9.69 Å². The highest BCUT2D eigenvalue weighted by atomic mass is 16.5. The molecule has 0 unspecified atom stereocenters. The molecule has 40 heavy (non-hydrogen) atoms. The number of likely N-dealkylation sites (N-methyl/N-ethyl adjacent to an activating group) is 1. The Kier molecular flexibility index (Phi) is 8.03. The predicted octanol–water partition coefficient (Wildman–Crippen LogP) is 7.87. The Morgan fingerprint density at radius 1 is 1.00 bits per heavy atom. The van der Waals surface area contributed by atoms with E-state index >= 15 is 0 Å². The van der Waals surface area contributed by atoms with Crippen molar-refractivity contribution in [2.24, 2.45) is 11.3 Å². The third-order valence-corrected chi connectivity index (χ3v) is 10.6.